The standard InChI is InChI=1S/C15H15FN2O4S/c16-13-6-8-14(9-7-13)22-10-11-23(20,21)18-17-15(19)12-4-2-1-3-5-12/h1-9,18H,10-11H2,(H,17,19). The molecule has 2 N–H and O–H groups in total. The van der Waals surface area contributed by atoms with E-state index in [1.165, 1.54) is 24.3 Å². The fourth-order valence-electron chi connectivity index (χ4n) is 1.64. The normalized spacial score (nSPS) is 11.0. The molecule has 8 heteroatoms. The number of hydrogen-bond acceptors (Lipinski definition) is 4. The topological polar surface area (TPSA) is 84.5 Å². The molecule has 0 aliphatic heterocycles. The second-order valence-electron chi connectivity index (χ2n) is 4.54. The summed E-state index contributed by atoms with van der Waals surface area (Å²) in [4.78, 5) is 13.7. The molecule has 0 radical (unpaired) electrons. The minimum atomic E-state index is -3.74. The fourth-order valence-corrected chi connectivity index (χ4v) is 2.29. The predicted molar refractivity (Wildman–Crippen MR) is 82.7 cm³/mol. The Hall–Kier alpha value is -2.45. The Labute approximate surface area is 133 Å². The van der Waals surface area contributed by atoms with E-state index < -0.39 is 21.7 Å². The molecule has 0 heterocycles. The Morgan fingerprint density at radius 2 is 1.70 bits per heavy atom. The number of hydrazine groups is 1. The first-order valence-corrected chi connectivity index (χ1v) is 8.35. The van der Waals surface area contributed by atoms with Gasteiger partial charge in [0.2, 0.25) is 10.0 Å². The molecule has 6 nitrogen and oxygen atoms in total. The summed E-state index contributed by atoms with van der Waals surface area (Å²) in [6.45, 7) is -0.137. The predicted octanol–water partition coefficient (Wildman–Crippen LogP) is 1.47. The molecule has 2 aromatic rings. The first-order chi connectivity index (χ1) is 11.0. The van der Waals surface area contributed by atoms with E-state index in [0.29, 0.717) is 11.3 Å². The molecule has 0 bridgehead atoms. The summed E-state index contributed by atoms with van der Waals surface area (Å²) < 4.78 is 41.4. The molecular formula is C15H15FN2O4S. The zero-order chi connectivity index (χ0) is 16.7. The van der Waals surface area contributed by atoms with Crippen LogP contribution >= 0.6 is 0 Å². The summed E-state index contributed by atoms with van der Waals surface area (Å²) in [6.07, 6.45) is 0. The van der Waals surface area contributed by atoms with E-state index in [0.717, 1.165) is 0 Å². The van der Waals surface area contributed by atoms with Crippen LogP contribution in [0, 0.1) is 5.82 Å². The average molecular weight is 338 g/mol. The number of nitrogens with one attached hydrogen (secondary N) is 2. The van der Waals surface area contributed by atoms with Gasteiger partial charge in [0.25, 0.3) is 5.91 Å². The highest BCUT2D eigenvalue weighted by atomic mass is 32.2. The quantitative estimate of drug-likeness (QED) is 0.749. The molecule has 0 unspecified atom stereocenters. The van der Waals surface area contributed by atoms with Crippen molar-refractivity contribution in [3.05, 3.63) is 66.0 Å². The smallest absolute Gasteiger partial charge is 0.266 e. The van der Waals surface area contributed by atoms with Gasteiger partial charge in [-0.25, -0.2) is 12.8 Å². The molecule has 0 aliphatic rings. The van der Waals surface area contributed by atoms with Crippen LogP contribution in [0.4, 0.5) is 4.39 Å². The molecular weight excluding hydrogens is 323 g/mol. The van der Waals surface area contributed by atoms with Gasteiger partial charge in [0.05, 0.1) is 5.75 Å². The number of sulfonamides is 1. The molecule has 0 saturated carbocycles. The molecule has 1 amide bonds. The lowest BCUT2D eigenvalue weighted by atomic mass is 10.2. The summed E-state index contributed by atoms with van der Waals surface area (Å²) in [5, 5.41) is 0. The van der Waals surface area contributed by atoms with Crippen molar-refractivity contribution in [2.45, 2.75) is 0 Å². The van der Waals surface area contributed by atoms with E-state index >= 15 is 0 Å². The van der Waals surface area contributed by atoms with Gasteiger partial charge in [-0.05, 0) is 36.4 Å². The monoisotopic (exact) mass is 338 g/mol. The minimum absolute atomic E-state index is 0.137. The van der Waals surface area contributed by atoms with Crippen molar-refractivity contribution >= 4 is 15.9 Å². The maximum absolute atomic E-state index is 12.7. The molecule has 0 spiro atoms. The summed E-state index contributed by atoms with van der Waals surface area (Å²) in [7, 11) is -3.74. The largest absolute Gasteiger partial charge is 0.492 e. The minimum Gasteiger partial charge on any atom is -0.492 e. The van der Waals surface area contributed by atoms with Crippen LogP contribution in [0.5, 0.6) is 5.75 Å². The van der Waals surface area contributed by atoms with Crippen LogP contribution in [0.3, 0.4) is 0 Å². The van der Waals surface area contributed by atoms with Crippen molar-refractivity contribution < 1.29 is 22.3 Å². The van der Waals surface area contributed by atoms with Gasteiger partial charge in [0.15, 0.2) is 0 Å². The Balaban J connectivity index is 1.78. The van der Waals surface area contributed by atoms with E-state index in [1.807, 2.05) is 4.83 Å². The van der Waals surface area contributed by atoms with E-state index in [-0.39, 0.29) is 12.4 Å². The highest BCUT2D eigenvalue weighted by molar-refractivity contribution is 7.89. The van der Waals surface area contributed by atoms with E-state index in [2.05, 4.69) is 5.43 Å². The molecule has 122 valence electrons. The van der Waals surface area contributed by atoms with Gasteiger partial charge in [-0.3, -0.25) is 10.2 Å². The first kappa shape index (κ1) is 16.9. The molecule has 0 fully saturated rings. The van der Waals surface area contributed by atoms with Gasteiger partial charge < -0.3 is 4.74 Å². The highest BCUT2D eigenvalue weighted by Crippen LogP contribution is 2.10. The Bertz CT molecular complexity index is 749. The molecule has 0 aliphatic carbocycles. The lowest BCUT2D eigenvalue weighted by Crippen LogP contribution is -2.43. The number of carbonyl (C=O) groups is 1. The van der Waals surface area contributed by atoms with Crippen molar-refractivity contribution in [1.82, 2.24) is 10.3 Å². The summed E-state index contributed by atoms with van der Waals surface area (Å²) in [6, 6.07) is 13.4. The Morgan fingerprint density at radius 1 is 1.04 bits per heavy atom. The van der Waals surface area contributed by atoms with Gasteiger partial charge in [-0.2, -0.15) is 0 Å². The Morgan fingerprint density at radius 3 is 2.35 bits per heavy atom. The second-order valence-corrected chi connectivity index (χ2v) is 6.39. The van der Waals surface area contributed by atoms with Crippen molar-refractivity contribution in [1.29, 1.82) is 0 Å². The number of ether oxygens (including phenoxy) is 1. The van der Waals surface area contributed by atoms with Crippen molar-refractivity contribution in [3.63, 3.8) is 0 Å². The van der Waals surface area contributed by atoms with Crippen molar-refractivity contribution in [2.75, 3.05) is 12.4 Å². The van der Waals surface area contributed by atoms with Crippen LogP contribution in [0.2, 0.25) is 0 Å². The molecule has 2 aromatic carbocycles. The van der Waals surface area contributed by atoms with Gasteiger partial charge in [0.1, 0.15) is 18.2 Å². The van der Waals surface area contributed by atoms with Crippen LogP contribution in [0.25, 0.3) is 0 Å². The third-order valence-corrected chi connectivity index (χ3v) is 3.91. The highest BCUT2D eigenvalue weighted by Gasteiger charge is 2.13. The number of benzene rings is 2. The molecule has 2 rings (SSSR count). The maximum atomic E-state index is 12.7. The molecule has 23 heavy (non-hydrogen) atoms. The average Bonchev–Trinajstić information content (AvgIpc) is 2.55. The molecule has 0 atom stereocenters. The molecule has 0 aromatic heterocycles. The van der Waals surface area contributed by atoms with Crippen LogP contribution < -0.4 is 15.0 Å². The third-order valence-electron chi connectivity index (χ3n) is 2.79. The van der Waals surface area contributed by atoms with E-state index in [1.54, 1.807) is 30.3 Å². The lowest BCUT2D eigenvalue weighted by Gasteiger charge is -2.09. The first-order valence-electron chi connectivity index (χ1n) is 6.69. The van der Waals surface area contributed by atoms with E-state index in [4.69, 9.17) is 4.74 Å². The zero-order valence-corrected chi connectivity index (χ0v) is 12.8. The van der Waals surface area contributed by atoms with Crippen LogP contribution in [-0.4, -0.2) is 26.7 Å². The van der Waals surface area contributed by atoms with Gasteiger partial charge >= 0.3 is 0 Å². The van der Waals surface area contributed by atoms with E-state index in [9.17, 15) is 17.6 Å². The number of amides is 1. The van der Waals surface area contributed by atoms with Crippen molar-refractivity contribution in [2.24, 2.45) is 0 Å². The van der Waals surface area contributed by atoms with Crippen LogP contribution in [-0.2, 0) is 10.0 Å². The summed E-state index contributed by atoms with van der Waals surface area (Å²) >= 11 is 0. The third kappa shape index (κ3) is 5.68. The van der Waals surface area contributed by atoms with Crippen molar-refractivity contribution in [3.8, 4) is 5.75 Å². The number of carbonyl (C=O) groups excluding carboxylic acids is 1. The number of halogens is 1. The van der Waals surface area contributed by atoms with Gasteiger partial charge in [-0.1, -0.05) is 18.2 Å². The number of hydrogen-bond donors (Lipinski definition) is 2. The van der Waals surface area contributed by atoms with Crippen LogP contribution in [0.1, 0.15) is 10.4 Å². The second kappa shape index (κ2) is 7.70. The van der Waals surface area contributed by atoms with Gasteiger partial charge in [0, 0.05) is 5.56 Å². The lowest BCUT2D eigenvalue weighted by molar-refractivity contribution is 0.0945. The molecule has 0 saturated heterocycles. The van der Waals surface area contributed by atoms with Gasteiger partial charge in [-0.15, -0.1) is 4.83 Å². The summed E-state index contributed by atoms with van der Waals surface area (Å²) in [5.74, 6) is -0.974. The van der Waals surface area contributed by atoms with Crippen LogP contribution in [0.15, 0.2) is 54.6 Å². The Kier molecular flexibility index (Phi) is 5.67. The maximum Gasteiger partial charge on any atom is 0.266 e. The SMILES string of the molecule is O=C(NNS(=O)(=O)CCOc1ccc(F)cc1)c1ccccc1. The zero-order valence-electron chi connectivity index (χ0n) is 12.0. The number of rotatable bonds is 7. The fraction of sp³-hybridized carbons (Fsp3) is 0.133. The summed E-state index contributed by atoms with van der Waals surface area (Å²) in [5.41, 5.74) is 2.44.